The highest BCUT2D eigenvalue weighted by atomic mass is 31.2. The molecule has 0 N–H and O–H groups in total. The van der Waals surface area contributed by atoms with Crippen molar-refractivity contribution in [3.8, 4) is 0 Å². The van der Waals surface area contributed by atoms with Gasteiger partial charge in [0.2, 0.25) is 18.2 Å². The SMILES string of the molecule is CCc1cccc(CC)c1C(=O)P(=O)(C(=O)c1c(CC)cccc1CC)C(C)(C)C. The summed E-state index contributed by atoms with van der Waals surface area (Å²) >= 11 is 0. The fraction of sp³-hybridized carbons (Fsp3) is 0.462. The number of aryl methyl sites for hydroxylation is 4. The van der Waals surface area contributed by atoms with Gasteiger partial charge in [0.05, 0.1) is 0 Å². The minimum absolute atomic E-state index is 0.484. The van der Waals surface area contributed by atoms with Crippen LogP contribution in [0.2, 0.25) is 0 Å². The van der Waals surface area contributed by atoms with Crippen LogP contribution in [0.15, 0.2) is 36.4 Å². The van der Waals surface area contributed by atoms with Gasteiger partial charge in [-0.2, -0.15) is 0 Å². The molecule has 2 aromatic carbocycles. The molecular formula is C26H35O3P. The number of carbonyl (C=O) groups is 2. The Kier molecular flexibility index (Phi) is 7.64. The van der Waals surface area contributed by atoms with Crippen LogP contribution in [0.3, 0.4) is 0 Å². The van der Waals surface area contributed by atoms with Gasteiger partial charge in [0, 0.05) is 16.3 Å². The zero-order valence-corrected chi connectivity index (χ0v) is 20.4. The van der Waals surface area contributed by atoms with Crippen molar-refractivity contribution in [2.45, 2.75) is 79.3 Å². The van der Waals surface area contributed by atoms with Gasteiger partial charge in [-0.3, -0.25) is 9.59 Å². The predicted molar refractivity (Wildman–Crippen MR) is 126 cm³/mol. The molecule has 0 atom stereocenters. The first-order valence-corrected chi connectivity index (χ1v) is 12.7. The molecule has 0 radical (unpaired) electrons. The second kappa shape index (κ2) is 9.43. The number of rotatable bonds is 8. The van der Waals surface area contributed by atoms with Crippen molar-refractivity contribution in [3.05, 3.63) is 69.8 Å². The van der Waals surface area contributed by atoms with Gasteiger partial charge in [-0.1, -0.05) is 84.9 Å². The Morgan fingerprint density at radius 3 is 1.13 bits per heavy atom. The average molecular weight is 427 g/mol. The monoisotopic (exact) mass is 426 g/mol. The maximum absolute atomic E-state index is 14.6. The molecule has 0 aromatic heterocycles. The molecule has 2 aromatic rings. The van der Waals surface area contributed by atoms with E-state index < -0.39 is 23.3 Å². The summed E-state index contributed by atoms with van der Waals surface area (Å²) in [5.74, 6) is 0. The van der Waals surface area contributed by atoms with Gasteiger partial charge in [-0.15, -0.1) is 0 Å². The van der Waals surface area contributed by atoms with E-state index in [1.54, 1.807) is 20.8 Å². The summed E-state index contributed by atoms with van der Waals surface area (Å²) in [5.41, 5.74) is 3.44. The highest BCUT2D eigenvalue weighted by Gasteiger charge is 2.51. The fourth-order valence-electron chi connectivity index (χ4n) is 4.05. The molecule has 0 fully saturated rings. The van der Waals surface area contributed by atoms with Crippen LogP contribution >= 0.6 is 7.14 Å². The van der Waals surface area contributed by atoms with Crippen molar-refractivity contribution in [3.63, 3.8) is 0 Å². The van der Waals surface area contributed by atoms with Crippen LogP contribution in [0.4, 0.5) is 0 Å². The van der Waals surface area contributed by atoms with E-state index in [9.17, 15) is 14.2 Å². The molecule has 162 valence electrons. The normalized spacial score (nSPS) is 12.1. The molecule has 0 amide bonds. The molecule has 30 heavy (non-hydrogen) atoms. The van der Waals surface area contributed by atoms with Gasteiger partial charge in [0.25, 0.3) is 0 Å². The van der Waals surface area contributed by atoms with Crippen molar-refractivity contribution >= 4 is 18.2 Å². The summed E-state index contributed by atoms with van der Waals surface area (Å²) in [4.78, 5) is 28.0. The topological polar surface area (TPSA) is 51.2 Å². The Labute approximate surface area is 181 Å². The smallest absolute Gasteiger partial charge is 0.230 e. The molecular weight excluding hydrogens is 391 g/mol. The predicted octanol–water partition coefficient (Wildman–Crippen LogP) is 7.08. The molecule has 0 heterocycles. The summed E-state index contributed by atoms with van der Waals surface area (Å²) in [6.45, 7) is 13.2. The third-order valence-corrected chi connectivity index (χ3v) is 9.42. The highest BCUT2D eigenvalue weighted by Crippen LogP contribution is 2.63. The zero-order chi connectivity index (χ0) is 22.7. The van der Waals surface area contributed by atoms with Crippen LogP contribution in [0, 0.1) is 0 Å². The van der Waals surface area contributed by atoms with Crippen LogP contribution < -0.4 is 0 Å². The van der Waals surface area contributed by atoms with E-state index in [0.717, 1.165) is 22.3 Å². The average Bonchev–Trinajstić information content (AvgIpc) is 2.75. The van der Waals surface area contributed by atoms with Crippen LogP contribution in [-0.4, -0.2) is 16.2 Å². The van der Waals surface area contributed by atoms with Crippen molar-refractivity contribution in [2.75, 3.05) is 0 Å². The second-order valence-electron chi connectivity index (χ2n) is 8.71. The molecule has 0 saturated heterocycles. The third kappa shape index (κ3) is 4.10. The summed E-state index contributed by atoms with van der Waals surface area (Å²) < 4.78 is 14.6. The molecule has 0 spiro atoms. The first-order chi connectivity index (χ1) is 14.1. The van der Waals surface area contributed by atoms with Gasteiger partial charge in [0.1, 0.15) is 0 Å². The van der Waals surface area contributed by atoms with Crippen molar-refractivity contribution in [1.82, 2.24) is 0 Å². The molecule has 0 saturated carbocycles. The Hall–Kier alpha value is -1.99. The van der Waals surface area contributed by atoms with Crippen molar-refractivity contribution in [1.29, 1.82) is 0 Å². The highest BCUT2D eigenvalue weighted by molar-refractivity contribution is 7.96. The summed E-state index contributed by atoms with van der Waals surface area (Å²) in [7, 11) is -3.97. The summed E-state index contributed by atoms with van der Waals surface area (Å²) in [6.07, 6.45) is 2.61. The van der Waals surface area contributed by atoms with Crippen molar-refractivity contribution in [2.24, 2.45) is 0 Å². The molecule has 0 aliphatic carbocycles. The molecule has 0 bridgehead atoms. The van der Waals surface area contributed by atoms with Crippen LogP contribution in [-0.2, 0) is 30.2 Å². The Bertz CT molecular complexity index is 880. The second-order valence-corrected chi connectivity index (χ2v) is 12.1. The molecule has 3 nitrogen and oxygen atoms in total. The van der Waals surface area contributed by atoms with Gasteiger partial charge in [-0.25, -0.2) is 0 Å². The van der Waals surface area contributed by atoms with Gasteiger partial charge < -0.3 is 4.57 Å². The van der Waals surface area contributed by atoms with Crippen LogP contribution in [0.1, 0.15) is 91.4 Å². The summed E-state index contributed by atoms with van der Waals surface area (Å²) in [6, 6.07) is 11.5. The minimum Gasteiger partial charge on any atom is -0.306 e. The lowest BCUT2D eigenvalue weighted by molar-refractivity contribution is 0.103. The fourth-order valence-corrected chi connectivity index (χ4v) is 6.66. The van der Waals surface area contributed by atoms with Crippen LogP contribution in [0.5, 0.6) is 0 Å². The zero-order valence-electron chi connectivity index (χ0n) is 19.5. The largest absolute Gasteiger partial charge is 0.306 e. The lowest BCUT2D eigenvalue weighted by Gasteiger charge is -2.31. The number of benzene rings is 2. The third-order valence-electron chi connectivity index (χ3n) is 5.94. The van der Waals surface area contributed by atoms with E-state index in [2.05, 4.69) is 0 Å². The molecule has 2 rings (SSSR count). The molecule has 0 aliphatic rings. The number of carbonyl (C=O) groups excluding carboxylic acids is 2. The number of hydrogen-bond donors (Lipinski definition) is 0. The maximum Gasteiger partial charge on any atom is 0.230 e. The Morgan fingerprint density at radius 1 is 0.667 bits per heavy atom. The first-order valence-electron chi connectivity index (χ1n) is 11.0. The van der Waals surface area contributed by atoms with E-state index >= 15 is 0 Å². The standard InChI is InChI=1S/C26H35O3P/c1-8-18-14-12-15-19(9-2)22(18)24(27)30(29,26(5,6)7)25(28)23-20(10-3)16-13-17-21(23)11-4/h12-17H,8-11H2,1-7H3. The quantitative estimate of drug-likeness (QED) is 0.424. The lowest BCUT2D eigenvalue weighted by atomic mass is 9.98. The van der Waals surface area contributed by atoms with E-state index in [-0.39, 0.29) is 0 Å². The van der Waals surface area contributed by atoms with E-state index in [1.165, 1.54) is 0 Å². The van der Waals surface area contributed by atoms with Gasteiger partial charge in [0.15, 0.2) is 0 Å². The first kappa shape index (κ1) is 24.3. The molecule has 0 unspecified atom stereocenters. The molecule has 0 aliphatic heterocycles. The van der Waals surface area contributed by atoms with E-state index in [1.807, 2.05) is 64.1 Å². The summed E-state index contributed by atoms with van der Waals surface area (Å²) in [5, 5.41) is -0.973. The Balaban J connectivity index is 2.84. The lowest BCUT2D eigenvalue weighted by Crippen LogP contribution is -2.28. The van der Waals surface area contributed by atoms with E-state index in [0.29, 0.717) is 36.8 Å². The minimum atomic E-state index is -3.97. The molecule has 4 heteroatoms. The van der Waals surface area contributed by atoms with Crippen LogP contribution in [0.25, 0.3) is 0 Å². The van der Waals surface area contributed by atoms with E-state index in [4.69, 9.17) is 0 Å². The number of hydrogen-bond acceptors (Lipinski definition) is 3. The van der Waals surface area contributed by atoms with Crippen molar-refractivity contribution < 1.29 is 14.2 Å². The maximum atomic E-state index is 14.6. The van der Waals surface area contributed by atoms with Gasteiger partial charge >= 0.3 is 0 Å². The Morgan fingerprint density at radius 2 is 0.933 bits per heavy atom. The van der Waals surface area contributed by atoms with Gasteiger partial charge in [-0.05, 0) is 47.9 Å².